The molecule has 1 heterocycles. The third-order valence-corrected chi connectivity index (χ3v) is 6.13. The number of benzene rings is 2. The van der Waals surface area contributed by atoms with Crippen LogP contribution in [0.2, 0.25) is 0 Å². The van der Waals surface area contributed by atoms with E-state index in [1.165, 1.54) is 4.68 Å². The van der Waals surface area contributed by atoms with Crippen molar-refractivity contribution >= 4 is 9.84 Å². The average Bonchev–Trinajstić information content (AvgIpc) is 3.04. The number of unbranched alkanes of at least 4 members (excludes halogenated alkanes) is 1. The second kappa shape index (κ2) is 7.83. The van der Waals surface area contributed by atoms with Gasteiger partial charge in [-0.3, -0.25) is 0 Å². The van der Waals surface area contributed by atoms with Gasteiger partial charge in [0.05, 0.1) is 11.4 Å². The molecule has 6 heteroatoms. The fourth-order valence-electron chi connectivity index (χ4n) is 2.82. The third kappa shape index (κ3) is 3.85. The number of hydrogen-bond acceptors (Lipinski definition) is 4. The molecular formula is C20H23N3O2S. The van der Waals surface area contributed by atoms with Gasteiger partial charge in [0, 0.05) is 0 Å². The molecule has 0 atom stereocenters. The van der Waals surface area contributed by atoms with Crippen molar-refractivity contribution in [2.75, 3.05) is 0 Å². The largest absolute Gasteiger partial charge is 0.229 e. The smallest absolute Gasteiger partial charge is 0.225 e. The number of rotatable bonds is 7. The minimum Gasteiger partial charge on any atom is -0.229 e. The summed E-state index contributed by atoms with van der Waals surface area (Å²) in [6.07, 6.45) is 2.45. The zero-order chi connectivity index (χ0) is 18.6. The third-order valence-electron chi connectivity index (χ3n) is 4.28. The highest BCUT2D eigenvalue weighted by molar-refractivity contribution is 7.91. The molecule has 26 heavy (non-hydrogen) atoms. The van der Waals surface area contributed by atoms with Crippen LogP contribution < -0.4 is 0 Å². The van der Waals surface area contributed by atoms with Gasteiger partial charge in [0.25, 0.3) is 0 Å². The highest BCUT2D eigenvalue weighted by atomic mass is 32.2. The molecule has 0 aliphatic rings. The van der Waals surface area contributed by atoms with E-state index < -0.39 is 9.84 Å². The van der Waals surface area contributed by atoms with Gasteiger partial charge in [-0.15, -0.1) is 5.10 Å². The number of aromatic nitrogens is 3. The van der Waals surface area contributed by atoms with Gasteiger partial charge < -0.3 is 0 Å². The van der Waals surface area contributed by atoms with E-state index in [0.717, 1.165) is 24.0 Å². The topological polar surface area (TPSA) is 64.8 Å². The van der Waals surface area contributed by atoms with Gasteiger partial charge in [0.15, 0.2) is 5.03 Å². The summed E-state index contributed by atoms with van der Waals surface area (Å²) in [7, 11) is -3.69. The van der Waals surface area contributed by atoms with Gasteiger partial charge in [0.1, 0.15) is 5.69 Å². The number of sulfone groups is 1. The van der Waals surface area contributed by atoms with Crippen molar-refractivity contribution in [3.63, 3.8) is 0 Å². The summed E-state index contributed by atoms with van der Waals surface area (Å²) in [5, 5.41) is 8.56. The van der Waals surface area contributed by atoms with Crippen molar-refractivity contribution in [3.05, 3.63) is 71.4 Å². The highest BCUT2D eigenvalue weighted by Crippen LogP contribution is 2.25. The van der Waals surface area contributed by atoms with Crippen LogP contribution in [-0.2, 0) is 22.8 Å². The summed E-state index contributed by atoms with van der Waals surface area (Å²) in [6, 6.07) is 16.6. The zero-order valence-electron chi connectivity index (χ0n) is 15.1. The molecule has 0 radical (unpaired) electrons. The lowest BCUT2D eigenvalue weighted by Crippen LogP contribution is -2.14. The Hall–Kier alpha value is -2.47. The molecule has 0 fully saturated rings. The standard InChI is InChI=1S/C20H23N3O2S/c1-3-4-10-19-20(26(24,25)18-13-11-16(2)12-14-18)23(22-21-19)15-17-8-6-5-7-9-17/h5-9,11-14H,3-4,10,15H2,1-2H3. The van der Waals surface area contributed by atoms with Crippen molar-refractivity contribution in [2.24, 2.45) is 0 Å². The van der Waals surface area contributed by atoms with Gasteiger partial charge in [-0.1, -0.05) is 66.6 Å². The molecule has 0 bridgehead atoms. The van der Waals surface area contributed by atoms with E-state index in [-0.39, 0.29) is 9.92 Å². The quantitative estimate of drug-likeness (QED) is 0.635. The molecule has 3 rings (SSSR count). The summed E-state index contributed by atoms with van der Waals surface area (Å²) in [5.74, 6) is 0. The van der Waals surface area contributed by atoms with Crippen LogP contribution in [-0.4, -0.2) is 23.4 Å². The van der Waals surface area contributed by atoms with Gasteiger partial charge in [-0.05, 0) is 37.5 Å². The minimum atomic E-state index is -3.69. The predicted octanol–water partition coefficient (Wildman–Crippen LogP) is 3.81. The first-order chi connectivity index (χ1) is 12.5. The molecule has 0 saturated heterocycles. The first-order valence-corrected chi connectivity index (χ1v) is 10.3. The Bertz CT molecular complexity index is 962. The van der Waals surface area contributed by atoms with E-state index >= 15 is 0 Å². The minimum absolute atomic E-state index is 0.207. The van der Waals surface area contributed by atoms with Gasteiger partial charge in [0.2, 0.25) is 9.84 Å². The monoisotopic (exact) mass is 369 g/mol. The van der Waals surface area contributed by atoms with E-state index in [1.54, 1.807) is 12.1 Å². The lowest BCUT2D eigenvalue weighted by atomic mass is 10.2. The van der Waals surface area contributed by atoms with E-state index in [4.69, 9.17) is 0 Å². The number of nitrogens with zero attached hydrogens (tertiary/aromatic N) is 3. The van der Waals surface area contributed by atoms with Crippen LogP contribution in [0.15, 0.2) is 64.5 Å². The molecule has 0 amide bonds. The Morgan fingerprint density at radius 1 is 1.00 bits per heavy atom. The van der Waals surface area contributed by atoms with Gasteiger partial charge in [-0.2, -0.15) is 0 Å². The van der Waals surface area contributed by atoms with Crippen LogP contribution in [0.25, 0.3) is 0 Å². The Labute approximate surface area is 154 Å². The van der Waals surface area contributed by atoms with Crippen molar-refractivity contribution in [2.45, 2.75) is 49.6 Å². The van der Waals surface area contributed by atoms with Crippen LogP contribution in [0.3, 0.4) is 0 Å². The normalized spacial score (nSPS) is 11.6. The Morgan fingerprint density at radius 2 is 1.69 bits per heavy atom. The van der Waals surface area contributed by atoms with Crippen LogP contribution in [0.1, 0.15) is 36.6 Å². The molecule has 5 nitrogen and oxygen atoms in total. The number of aryl methyl sites for hydroxylation is 2. The molecule has 0 spiro atoms. The summed E-state index contributed by atoms with van der Waals surface area (Å²) in [6.45, 7) is 4.38. The average molecular weight is 369 g/mol. The Morgan fingerprint density at radius 3 is 2.35 bits per heavy atom. The van der Waals surface area contributed by atoms with Crippen molar-refractivity contribution in [1.82, 2.24) is 15.0 Å². The molecule has 2 aromatic carbocycles. The molecule has 0 unspecified atom stereocenters. The first-order valence-electron chi connectivity index (χ1n) is 8.80. The summed E-state index contributed by atoms with van der Waals surface area (Å²) in [4.78, 5) is 0.275. The van der Waals surface area contributed by atoms with E-state index in [0.29, 0.717) is 18.7 Å². The van der Waals surface area contributed by atoms with Crippen molar-refractivity contribution in [3.8, 4) is 0 Å². The van der Waals surface area contributed by atoms with Crippen molar-refractivity contribution < 1.29 is 8.42 Å². The predicted molar refractivity (Wildman–Crippen MR) is 101 cm³/mol. The number of hydrogen-bond donors (Lipinski definition) is 0. The molecule has 3 aromatic rings. The lowest BCUT2D eigenvalue weighted by Gasteiger charge is -2.10. The van der Waals surface area contributed by atoms with Gasteiger partial charge in [-0.25, -0.2) is 13.1 Å². The van der Waals surface area contributed by atoms with Crippen LogP contribution >= 0.6 is 0 Å². The van der Waals surface area contributed by atoms with Crippen LogP contribution in [0, 0.1) is 6.92 Å². The highest BCUT2D eigenvalue weighted by Gasteiger charge is 2.28. The molecule has 0 N–H and O–H groups in total. The van der Waals surface area contributed by atoms with E-state index in [1.807, 2.05) is 49.4 Å². The molecule has 0 aliphatic heterocycles. The molecule has 0 aliphatic carbocycles. The maximum Gasteiger partial charge on any atom is 0.225 e. The second-order valence-electron chi connectivity index (χ2n) is 6.40. The molecule has 1 aromatic heterocycles. The van der Waals surface area contributed by atoms with Gasteiger partial charge >= 0.3 is 0 Å². The van der Waals surface area contributed by atoms with E-state index in [2.05, 4.69) is 17.2 Å². The zero-order valence-corrected chi connectivity index (χ0v) is 15.9. The first kappa shape index (κ1) is 18.3. The second-order valence-corrected chi connectivity index (χ2v) is 8.27. The molecule has 0 saturated carbocycles. The molecule has 136 valence electrons. The van der Waals surface area contributed by atoms with E-state index in [9.17, 15) is 8.42 Å². The Balaban J connectivity index is 2.07. The maximum atomic E-state index is 13.3. The van der Waals surface area contributed by atoms with Crippen molar-refractivity contribution in [1.29, 1.82) is 0 Å². The summed E-state index contributed by atoms with van der Waals surface area (Å²) >= 11 is 0. The maximum absolute atomic E-state index is 13.3. The fourth-order valence-corrected chi connectivity index (χ4v) is 4.37. The van der Waals surface area contributed by atoms with Crippen LogP contribution in [0.4, 0.5) is 0 Å². The SMILES string of the molecule is CCCCc1nnn(Cc2ccccc2)c1S(=O)(=O)c1ccc(C)cc1. The summed E-state index contributed by atoms with van der Waals surface area (Å²) < 4.78 is 28.1. The van der Waals surface area contributed by atoms with Crippen LogP contribution in [0.5, 0.6) is 0 Å². The lowest BCUT2D eigenvalue weighted by molar-refractivity contribution is 0.554. The summed E-state index contributed by atoms with van der Waals surface area (Å²) in [5.41, 5.74) is 2.55. The molecular weight excluding hydrogens is 346 g/mol. The Kier molecular flexibility index (Phi) is 5.52. The fraction of sp³-hybridized carbons (Fsp3) is 0.300.